The van der Waals surface area contributed by atoms with Crippen LogP contribution in [0, 0.1) is 0 Å². The van der Waals surface area contributed by atoms with Gasteiger partial charge in [-0.3, -0.25) is 4.79 Å². The van der Waals surface area contributed by atoms with E-state index in [1.807, 2.05) is 0 Å². The van der Waals surface area contributed by atoms with Crippen LogP contribution in [0.15, 0.2) is 18.2 Å². The topological polar surface area (TPSA) is 110 Å². The Morgan fingerprint density at radius 1 is 1.35 bits per heavy atom. The van der Waals surface area contributed by atoms with E-state index in [1.165, 1.54) is 19.1 Å². The summed E-state index contributed by atoms with van der Waals surface area (Å²) in [5, 5.41) is 40.3. The summed E-state index contributed by atoms with van der Waals surface area (Å²) in [5.41, 5.74) is 0.00264. The molecule has 1 aromatic carbocycles. The lowest BCUT2D eigenvalue weighted by Crippen LogP contribution is -2.34. The summed E-state index contributed by atoms with van der Waals surface area (Å²) in [6.07, 6.45) is -2.67. The SMILES string of the molecule is CC(=O)NCC(O)C(O)c1cc(O)ccc1O. The number of carbonyl (C=O) groups is 1. The van der Waals surface area contributed by atoms with Gasteiger partial charge >= 0.3 is 0 Å². The molecule has 0 saturated heterocycles. The molecule has 0 fully saturated rings. The molecular formula is C11H15NO5. The molecule has 0 spiro atoms. The third kappa shape index (κ3) is 3.61. The average molecular weight is 241 g/mol. The number of hydrogen-bond acceptors (Lipinski definition) is 5. The molecule has 1 rings (SSSR count). The van der Waals surface area contributed by atoms with Crippen molar-refractivity contribution >= 4 is 5.91 Å². The first-order chi connectivity index (χ1) is 7.91. The fourth-order valence-electron chi connectivity index (χ4n) is 1.35. The predicted octanol–water partition coefficient (Wildman–Crippen LogP) is -0.372. The van der Waals surface area contributed by atoms with Gasteiger partial charge in [0.1, 0.15) is 23.7 Å². The molecule has 0 heterocycles. The van der Waals surface area contributed by atoms with Crippen molar-refractivity contribution in [2.75, 3.05) is 6.54 Å². The molecular weight excluding hydrogens is 226 g/mol. The molecule has 1 aromatic rings. The fourth-order valence-corrected chi connectivity index (χ4v) is 1.35. The van der Waals surface area contributed by atoms with Gasteiger partial charge in [-0.05, 0) is 18.2 Å². The molecule has 2 atom stereocenters. The summed E-state index contributed by atoms with van der Waals surface area (Å²) in [6.45, 7) is 1.14. The molecule has 0 saturated carbocycles. The first-order valence-electron chi connectivity index (χ1n) is 5.04. The van der Waals surface area contributed by atoms with Crippen LogP contribution >= 0.6 is 0 Å². The van der Waals surface area contributed by atoms with Crippen LogP contribution < -0.4 is 5.32 Å². The fraction of sp³-hybridized carbons (Fsp3) is 0.364. The second-order valence-electron chi connectivity index (χ2n) is 3.69. The van der Waals surface area contributed by atoms with E-state index in [0.29, 0.717) is 0 Å². The second-order valence-corrected chi connectivity index (χ2v) is 3.69. The second kappa shape index (κ2) is 5.51. The van der Waals surface area contributed by atoms with Crippen molar-refractivity contribution in [1.82, 2.24) is 5.32 Å². The van der Waals surface area contributed by atoms with Crippen LogP contribution in [0.25, 0.3) is 0 Å². The van der Waals surface area contributed by atoms with E-state index < -0.39 is 12.2 Å². The minimum absolute atomic E-state index is 0.00264. The molecule has 17 heavy (non-hydrogen) atoms. The number of amides is 1. The average Bonchev–Trinajstić information content (AvgIpc) is 2.28. The minimum atomic E-state index is -1.39. The van der Waals surface area contributed by atoms with E-state index >= 15 is 0 Å². The third-order valence-corrected chi connectivity index (χ3v) is 2.25. The molecule has 0 aliphatic carbocycles. The number of nitrogens with one attached hydrogen (secondary N) is 1. The maximum atomic E-state index is 10.6. The zero-order chi connectivity index (χ0) is 13.0. The van der Waals surface area contributed by atoms with Crippen molar-refractivity contribution in [3.8, 4) is 11.5 Å². The first-order valence-corrected chi connectivity index (χ1v) is 5.04. The lowest BCUT2D eigenvalue weighted by Gasteiger charge is -2.19. The number of benzene rings is 1. The Hall–Kier alpha value is -1.79. The van der Waals surface area contributed by atoms with E-state index in [1.54, 1.807) is 0 Å². The van der Waals surface area contributed by atoms with Crippen molar-refractivity contribution in [2.45, 2.75) is 19.1 Å². The van der Waals surface area contributed by atoms with Gasteiger partial charge in [0.2, 0.25) is 5.91 Å². The smallest absolute Gasteiger partial charge is 0.216 e. The Kier molecular flexibility index (Phi) is 4.30. The maximum absolute atomic E-state index is 10.6. The van der Waals surface area contributed by atoms with E-state index in [0.717, 1.165) is 6.07 Å². The normalized spacial score (nSPS) is 14.1. The van der Waals surface area contributed by atoms with E-state index in [9.17, 15) is 25.2 Å². The summed E-state index contributed by atoms with van der Waals surface area (Å²) in [4.78, 5) is 10.6. The van der Waals surface area contributed by atoms with Gasteiger partial charge in [-0.2, -0.15) is 0 Å². The van der Waals surface area contributed by atoms with Crippen LogP contribution in [-0.4, -0.2) is 39.0 Å². The molecule has 6 heteroatoms. The number of aliphatic hydroxyl groups excluding tert-OH is 2. The van der Waals surface area contributed by atoms with Crippen molar-refractivity contribution in [3.05, 3.63) is 23.8 Å². The molecule has 0 bridgehead atoms. The first kappa shape index (κ1) is 13.3. The third-order valence-electron chi connectivity index (χ3n) is 2.25. The molecule has 0 aromatic heterocycles. The lowest BCUT2D eigenvalue weighted by molar-refractivity contribution is -0.119. The number of phenols is 2. The maximum Gasteiger partial charge on any atom is 0.216 e. The van der Waals surface area contributed by atoms with Crippen molar-refractivity contribution in [1.29, 1.82) is 0 Å². The van der Waals surface area contributed by atoms with Gasteiger partial charge in [-0.25, -0.2) is 0 Å². The van der Waals surface area contributed by atoms with Crippen molar-refractivity contribution < 1.29 is 25.2 Å². The molecule has 2 unspecified atom stereocenters. The molecule has 0 radical (unpaired) electrons. The summed E-state index contributed by atoms with van der Waals surface area (Å²) < 4.78 is 0. The van der Waals surface area contributed by atoms with Gasteiger partial charge in [0.25, 0.3) is 0 Å². The van der Waals surface area contributed by atoms with Gasteiger partial charge in [0.05, 0.1) is 0 Å². The standard InChI is InChI=1S/C11H15NO5/c1-6(13)12-5-10(16)11(17)8-4-7(14)2-3-9(8)15/h2-4,10-11,14-17H,5H2,1H3,(H,12,13). The summed E-state index contributed by atoms with van der Waals surface area (Å²) >= 11 is 0. The van der Waals surface area contributed by atoms with Crippen molar-refractivity contribution in [2.24, 2.45) is 0 Å². The van der Waals surface area contributed by atoms with E-state index in [-0.39, 0.29) is 29.5 Å². The Morgan fingerprint density at radius 2 is 2.00 bits per heavy atom. The number of carbonyl (C=O) groups excluding carboxylic acids is 1. The highest BCUT2D eigenvalue weighted by atomic mass is 16.3. The van der Waals surface area contributed by atoms with E-state index in [2.05, 4.69) is 5.32 Å². The van der Waals surface area contributed by atoms with Crippen LogP contribution in [0.4, 0.5) is 0 Å². The van der Waals surface area contributed by atoms with Gasteiger partial charge < -0.3 is 25.7 Å². The molecule has 0 aliphatic heterocycles. The van der Waals surface area contributed by atoms with Crippen LogP contribution in [0.5, 0.6) is 11.5 Å². The van der Waals surface area contributed by atoms with Crippen LogP contribution in [0.2, 0.25) is 0 Å². The van der Waals surface area contributed by atoms with E-state index in [4.69, 9.17) is 0 Å². The molecule has 94 valence electrons. The van der Waals surface area contributed by atoms with Crippen molar-refractivity contribution in [3.63, 3.8) is 0 Å². The minimum Gasteiger partial charge on any atom is -0.508 e. The summed E-state index contributed by atoms with van der Waals surface area (Å²) in [5.74, 6) is -0.711. The Bertz CT molecular complexity index is 407. The quantitative estimate of drug-likeness (QED) is 0.462. The molecule has 6 nitrogen and oxygen atoms in total. The Balaban J connectivity index is 2.77. The summed E-state index contributed by atoms with van der Waals surface area (Å²) in [6, 6.07) is 3.61. The lowest BCUT2D eigenvalue weighted by atomic mass is 10.0. The highest BCUT2D eigenvalue weighted by molar-refractivity contribution is 5.72. The molecule has 5 N–H and O–H groups in total. The highest BCUT2D eigenvalue weighted by Crippen LogP contribution is 2.29. The van der Waals surface area contributed by atoms with Gasteiger partial charge in [-0.15, -0.1) is 0 Å². The zero-order valence-corrected chi connectivity index (χ0v) is 9.29. The molecule has 1 amide bonds. The van der Waals surface area contributed by atoms with Gasteiger partial charge in [0.15, 0.2) is 0 Å². The number of rotatable bonds is 4. The van der Waals surface area contributed by atoms with Crippen LogP contribution in [0.3, 0.4) is 0 Å². The Labute approximate surface area is 98.1 Å². The van der Waals surface area contributed by atoms with Crippen LogP contribution in [0.1, 0.15) is 18.6 Å². The largest absolute Gasteiger partial charge is 0.508 e. The molecule has 0 aliphatic rings. The predicted molar refractivity (Wildman–Crippen MR) is 59.4 cm³/mol. The Morgan fingerprint density at radius 3 is 2.59 bits per heavy atom. The zero-order valence-electron chi connectivity index (χ0n) is 9.29. The van der Waals surface area contributed by atoms with Gasteiger partial charge in [-0.1, -0.05) is 0 Å². The number of hydrogen-bond donors (Lipinski definition) is 5. The monoisotopic (exact) mass is 241 g/mol. The van der Waals surface area contributed by atoms with Crippen LogP contribution in [-0.2, 0) is 4.79 Å². The highest BCUT2D eigenvalue weighted by Gasteiger charge is 2.21. The van der Waals surface area contributed by atoms with Gasteiger partial charge in [0, 0.05) is 19.0 Å². The summed E-state index contributed by atoms with van der Waals surface area (Å²) in [7, 11) is 0. The number of aromatic hydroxyl groups is 2. The number of aliphatic hydroxyl groups is 2. The number of phenolic OH excluding ortho intramolecular Hbond substituents is 2.